The molecule has 0 spiro atoms. The number of hydrogen-bond donors (Lipinski definition) is 0. The molecular formula is C7H4Br2ClN3. The third-order valence-electron chi connectivity index (χ3n) is 1.58. The molecular weight excluding hydrogens is 321 g/mol. The molecule has 6 heteroatoms. The Morgan fingerprint density at radius 3 is 2.92 bits per heavy atom. The van der Waals surface area contributed by atoms with Crippen LogP contribution in [-0.4, -0.2) is 14.4 Å². The second kappa shape index (κ2) is 3.55. The molecule has 0 fully saturated rings. The lowest BCUT2D eigenvalue weighted by Crippen LogP contribution is -1.87. The Bertz CT molecular complexity index is 454. The van der Waals surface area contributed by atoms with Crippen molar-refractivity contribution in [2.45, 2.75) is 5.88 Å². The number of fused-ring (bicyclic) bond motifs is 1. The van der Waals surface area contributed by atoms with Crippen molar-refractivity contribution < 1.29 is 0 Å². The van der Waals surface area contributed by atoms with Crippen molar-refractivity contribution in [1.82, 2.24) is 14.4 Å². The molecule has 0 saturated heterocycles. The molecule has 0 aliphatic rings. The lowest BCUT2D eigenvalue weighted by Gasteiger charge is -1.94. The van der Waals surface area contributed by atoms with Crippen LogP contribution in [0.5, 0.6) is 0 Å². The molecule has 2 aromatic heterocycles. The molecule has 68 valence electrons. The van der Waals surface area contributed by atoms with Crippen molar-refractivity contribution in [3.63, 3.8) is 0 Å². The van der Waals surface area contributed by atoms with Gasteiger partial charge in [0.05, 0.1) is 16.0 Å². The van der Waals surface area contributed by atoms with E-state index >= 15 is 0 Å². The normalized spacial score (nSPS) is 11.0. The standard InChI is InChI=1S/C7H4Br2ClN3/c8-4-2-11-7-12-5(1-10)6(9)13(7)3-4/h2-3H,1H2. The summed E-state index contributed by atoms with van der Waals surface area (Å²) in [5.74, 6) is 1.02. The summed E-state index contributed by atoms with van der Waals surface area (Å²) < 4.78 is 3.59. The van der Waals surface area contributed by atoms with E-state index in [9.17, 15) is 0 Å². The van der Waals surface area contributed by atoms with Gasteiger partial charge >= 0.3 is 0 Å². The van der Waals surface area contributed by atoms with Crippen molar-refractivity contribution in [3.05, 3.63) is 27.2 Å². The maximum absolute atomic E-state index is 5.70. The molecule has 2 rings (SSSR count). The number of aromatic nitrogens is 3. The van der Waals surface area contributed by atoms with Crippen LogP contribution < -0.4 is 0 Å². The van der Waals surface area contributed by atoms with Gasteiger partial charge < -0.3 is 0 Å². The van der Waals surface area contributed by atoms with Crippen LogP contribution in [0.1, 0.15) is 5.69 Å². The minimum absolute atomic E-state index is 0.377. The Balaban J connectivity index is 2.77. The highest BCUT2D eigenvalue weighted by Crippen LogP contribution is 2.20. The van der Waals surface area contributed by atoms with Gasteiger partial charge in [-0.15, -0.1) is 11.6 Å². The summed E-state index contributed by atoms with van der Waals surface area (Å²) in [4.78, 5) is 8.35. The van der Waals surface area contributed by atoms with Crippen LogP contribution in [0.3, 0.4) is 0 Å². The van der Waals surface area contributed by atoms with Crippen LogP contribution in [0.25, 0.3) is 5.78 Å². The summed E-state index contributed by atoms with van der Waals surface area (Å²) in [6.45, 7) is 0. The molecule has 0 aliphatic heterocycles. The average molecular weight is 325 g/mol. The first-order valence-corrected chi connectivity index (χ1v) is 5.58. The van der Waals surface area contributed by atoms with E-state index in [4.69, 9.17) is 11.6 Å². The van der Waals surface area contributed by atoms with Crippen LogP contribution >= 0.6 is 43.5 Å². The summed E-state index contributed by atoms with van der Waals surface area (Å²) in [5, 5.41) is 0. The zero-order valence-corrected chi connectivity index (χ0v) is 10.3. The highest BCUT2D eigenvalue weighted by atomic mass is 79.9. The maximum Gasteiger partial charge on any atom is 0.234 e. The van der Waals surface area contributed by atoms with Gasteiger partial charge in [0.1, 0.15) is 4.60 Å². The van der Waals surface area contributed by atoms with Crippen molar-refractivity contribution in [1.29, 1.82) is 0 Å². The first-order chi connectivity index (χ1) is 6.22. The van der Waals surface area contributed by atoms with Gasteiger partial charge in [0.15, 0.2) is 0 Å². The number of imidazole rings is 1. The molecule has 0 radical (unpaired) electrons. The maximum atomic E-state index is 5.70. The molecule has 0 unspecified atom stereocenters. The van der Waals surface area contributed by atoms with Crippen LogP contribution in [0.4, 0.5) is 0 Å². The number of halogens is 3. The fourth-order valence-electron chi connectivity index (χ4n) is 1.01. The topological polar surface area (TPSA) is 30.2 Å². The second-order valence-corrected chi connectivity index (χ2v) is 4.36. The van der Waals surface area contributed by atoms with Crippen molar-refractivity contribution >= 4 is 49.2 Å². The molecule has 0 saturated carbocycles. The minimum Gasteiger partial charge on any atom is -0.277 e. The molecule has 0 N–H and O–H groups in total. The Kier molecular flexibility index (Phi) is 2.58. The van der Waals surface area contributed by atoms with Crippen LogP contribution in [0, 0.1) is 0 Å². The van der Waals surface area contributed by atoms with Gasteiger partial charge in [-0.25, -0.2) is 9.97 Å². The first-order valence-electron chi connectivity index (χ1n) is 3.46. The summed E-state index contributed by atoms with van der Waals surface area (Å²) in [6, 6.07) is 0. The van der Waals surface area contributed by atoms with E-state index in [-0.39, 0.29) is 0 Å². The molecule has 0 atom stereocenters. The molecule has 0 aliphatic carbocycles. The number of nitrogens with zero attached hydrogens (tertiary/aromatic N) is 3. The van der Waals surface area contributed by atoms with Crippen molar-refractivity contribution in [3.8, 4) is 0 Å². The SMILES string of the molecule is ClCc1nc2ncc(Br)cn2c1Br. The molecule has 13 heavy (non-hydrogen) atoms. The van der Waals surface area contributed by atoms with Gasteiger partial charge in [-0.3, -0.25) is 4.40 Å². The van der Waals surface area contributed by atoms with E-state index in [1.165, 1.54) is 0 Å². The minimum atomic E-state index is 0.377. The summed E-state index contributed by atoms with van der Waals surface area (Å²) >= 11 is 12.4. The number of hydrogen-bond acceptors (Lipinski definition) is 2. The highest BCUT2D eigenvalue weighted by Gasteiger charge is 2.08. The van der Waals surface area contributed by atoms with E-state index in [2.05, 4.69) is 41.8 Å². The predicted molar refractivity (Wildman–Crippen MR) is 57.9 cm³/mol. The number of alkyl halides is 1. The molecule has 0 amide bonds. The fraction of sp³-hybridized carbons (Fsp3) is 0.143. The van der Waals surface area contributed by atoms with Crippen LogP contribution in [-0.2, 0) is 5.88 Å². The molecule has 3 nitrogen and oxygen atoms in total. The van der Waals surface area contributed by atoms with Crippen LogP contribution in [0.2, 0.25) is 0 Å². The Morgan fingerprint density at radius 2 is 2.23 bits per heavy atom. The fourth-order valence-corrected chi connectivity index (χ4v) is 2.16. The highest BCUT2D eigenvalue weighted by molar-refractivity contribution is 9.10. The molecule has 2 aromatic rings. The third-order valence-corrected chi connectivity index (χ3v) is 3.08. The Hall–Kier alpha value is -0.130. The third kappa shape index (κ3) is 1.60. The Labute approximate surface area is 96.4 Å². The summed E-state index contributed by atoms with van der Waals surface area (Å²) in [6.07, 6.45) is 3.59. The Morgan fingerprint density at radius 1 is 1.46 bits per heavy atom. The van der Waals surface area contributed by atoms with Gasteiger partial charge in [-0.1, -0.05) is 0 Å². The van der Waals surface area contributed by atoms with Gasteiger partial charge in [0.25, 0.3) is 0 Å². The van der Waals surface area contributed by atoms with Crippen LogP contribution in [0.15, 0.2) is 21.5 Å². The van der Waals surface area contributed by atoms with E-state index in [1.54, 1.807) is 6.20 Å². The van der Waals surface area contributed by atoms with Gasteiger partial charge in [0, 0.05) is 12.4 Å². The van der Waals surface area contributed by atoms with E-state index in [0.29, 0.717) is 11.7 Å². The molecule has 0 bridgehead atoms. The average Bonchev–Trinajstić information content (AvgIpc) is 2.44. The van der Waals surface area contributed by atoms with Gasteiger partial charge in [-0.2, -0.15) is 0 Å². The quantitative estimate of drug-likeness (QED) is 0.755. The smallest absolute Gasteiger partial charge is 0.234 e. The van der Waals surface area contributed by atoms with Gasteiger partial charge in [0.2, 0.25) is 5.78 Å². The first kappa shape index (κ1) is 9.43. The van der Waals surface area contributed by atoms with Crippen molar-refractivity contribution in [2.24, 2.45) is 0 Å². The van der Waals surface area contributed by atoms with E-state index in [1.807, 2.05) is 10.6 Å². The predicted octanol–water partition coefficient (Wildman–Crippen LogP) is 2.99. The zero-order chi connectivity index (χ0) is 9.42. The zero-order valence-electron chi connectivity index (χ0n) is 6.34. The summed E-state index contributed by atoms with van der Waals surface area (Å²) in [7, 11) is 0. The lowest BCUT2D eigenvalue weighted by molar-refractivity contribution is 1.07. The largest absolute Gasteiger partial charge is 0.277 e. The summed E-state index contributed by atoms with van der Waals surface area (Å²) in [5.41, 5.74) is 0.798. The van der Waals surface area contributed by atoms with E-state index < -0.39 is 0 Å². The van der Waals surface area contributed by atoms with Gasteiger partial charge in [-0.05, 0) is 31.9 Å². The number of rotatable bonds is 1. The lowest BCUT2D eigenvalue weighted by atomic mass is 10.6. The monoisotopic (exact) mass is 323 g/mol. The second-order valence-electron chi connectivity index (χ2n) is 2.43. The van der Waals surface area contributed by atoms with E-state index in [0.717, 1.165) is 14.8 Å². The molecule has 0 aromatic carbocycles. The molecule has 2 heterocycles. The van der Waals surface area contributed by atoms with Crippen molar-refractivity contribution in [2.75, 3.05) is 0 Å².